The van der Waals surface area contributed by atoms with Crippen LogP contribution in [0.5, 0.6) is 0 Å². The number of fused-ring (bicyclic) bond motifs is 1. The Morgan fingerprint density at radius 1 is 1.17 bits per heavy atom. The van der Waals surface area contributed by atoms with Crippen molar-refractivity contribution in [3.63, 3.8) is 0 Å². The third-order valence-electron chi connectivity index (χ3n) is 3.66. The zero-order valence-corrected chi connectivity index (χ0v) is 13.8. The fraction of sp³-hybridized carbons (Fsp3) is 0.0625. The number of rotatable bonds is 3. The van der Waals surface area contributed by atoms with E-state index >= 15 is 0 Å². The van der Waals surface area contributed by atoms with Gasteiger partial charge in [-0.15, -0.1) is 0 Å². The number of aromatic nitrogens is 4. The molecule has 24 heavy (non-hydrogen) atoms. The van der Waals surface area contributed by atoms with Crippen LogP contribution in [0.25, 0.3) is 22.7 Å². The minimum atomic E-state index is 0.108. The van der Waals surface area contributed by atoms with Gasteiger partial charge in [-0.3, -0.25) is 5.41 Å². The van der Waals surface area contributed by atoms with Gasteiger partial charge in [0, 0.05) is 15.6 Å². The van der Waals surface area contributed by atoms with E-state index in [4.69, 9.17) is 33.0 Å². The minimum Gasteiger partial charge on any atom is -0.461 e. The van der Waals surface area contributed by atoms with Crippen molar-refractivity contribution in [1.82, 2.24) is 19.5 Å². The highest BCUT2D eigenvalue weighted by molar-refractivity contribution is 6.36. The fourth-order valence-electron chi connectivity index (χ4n) is 2.48. The average molecular weight is 360 g/mol. The molecule has 0 saturated heterocycles. The summed E-state index contributed by atoms with van der Waals surface area (Å²) in [6.07, 6.45) is 3.12. The average Bonchev–Trinajstić information content (AvgIpc) is 3.22. The van der Waals surface area contributed by atoms with Gasteiger partial charge < -0.3 is 14.0 Å². The smallest absolute Gasteiger partial charge is 0.176 e. The number of halogens is 2. The maximum absolute atomic E-state index is 7.98. The van der Waals surface area contributed by atoms with Crippen LogP contribution in [0.2, 0.25) is 10.0 Å². The molecule has 4 aromatic rings. The standard InChI is InChI=1S/C16H11Cl2N5O/c17-10-3-1-4-11(18)9(10)7-23-8-20-14(19)13-16(23)22-15(21-13)12-5-2-6-24-12/h1-6,8,19H,7H2,(H,21,22). The first kappa shape index (κ1) is 15.0. The molecule has 0 spiro atoms. The lowest BCUT2D eigenvalue weighted by Gasteiger charge is -2.10. The zero-order chi connectivity index (χ0) is 16.7. The summed E-state index contributed by atoms with van der Waals surface area (Å²) in [6, 6.07) is 8.93. The Balaban J connectivity index is 1.87. The van der Waals surface area contributed by atoms with Gasteiger partial charge in [0.25, 0.3) is 0 Å². The van der Waals surface area contributed by atoms with Gasteiger partial charge in [0.15, 0.2) is 22.7 Å². The Hall–Kier alpha value is -2.57. The lowest BCUT2D eigenvalue weighted by Crippen LogP contribution is -2.13. The second-order valence-corrected chi connectivity index (χ2v) is 6.00. The van der Waals surface area contributed by atoms with Gasteiger partial charge in [-0.2, -0.15) is 0 Å². The van der Waals surface area contributed by atoms with Crippen molar-refractivity contribution in [2.24, 2.45) is 0 Å². The fourth-order valence-corrected chi connectivity index (χ4v) is 3.00. The lowest BCUT2D eigenvalue weighted by atomic mass is 10.2. The van der Waals surface area contributed by atoms with E-state index in [0.717, 1.165) is 5.56 Å². The molecule has 0 saturated carbocycles. The Morgan fingerprint density at radius 3 is 2.67 bits per heavy atom. The van der Waals surface area contributed by atoms with Crippen LogP contribution in [0, 0.1) is 5.41 Å². The second-order valence-electron chi connectivity index (χ2n) is 5.18. The molecule has 1 aromatic carbocycles. The van der Waals surface area contributed by atoms with Crippen LogP contribution in [-0.4, -0.2) is 19.5 Å². The molecule has 2 N–H and O–H groups in total. The molecule has 0 unspecified atom stereocenters. The van der Waals surface area contributed by atoms with Crippen LogP contribution >= 0.6 is 23.2 Å². The molecule has 0 aliphatic carbocycles. The molecule has 4 rings (SSSR count). The van der Waals surface area contributed by atoms with Gasteiger partial charge in [-0.05, 0) is 24.3 Å². The van der Waals surface area contributed by atoms with Crippen molar-refractivity contribution in [1.29, 1.82) is 5.41 Å². The summed E-state index contributed by atoms with van der Waals surface area (Å²) in [5.74, 6) is 1.13. The summed E-state index contributed by atoms with van der Waals surface area (Å²) >= 11 is 12.5. The Morgan fingerprint density at radius 2 is 1.96 bits per heavy atom. The van der Waals surface area contributed by atoms with Crippen molar-refractivity contribution in [3.8, 4) is 11.6 Å². The van der Waals surface area contributed by atoms with E-state index in [0.29, 0.717) is 39.3 Å². The van der Waals surface area contributed by atoms with Crippen LogP contribution in [-0.2, 0) is 6.54 Å². The van der Waals surface area contributed by atoms with Crippen LogP contribution in [0.1, 0.15) is 5.56 Å². The highest BCUT2D eigenvalue weighted by Crippen LogP contribution is 2.26. The number of H-pyrrole nitrogens is 1. The van der Waals surface area contributed by atoms with Crippen LogP contribution in [0.15, 0.2) is 47.3 Å². The monoisotopic (exact) mass is 359 g/mol. The third kappa shape index (κ3) is 2.50. The second kappa shape index (κ2) is 5.81. The van der Waals surface area contributed by atoms with Crippen molar-refractivity contribution in [3.05, 3.63) is 64.0 Å². The largest absolute Gasteiger partial charge is 0.461 e. The maximum Gasteiger partial charge on any atom is 0.176 e. The first-order chi connectivity index (χ1) is 11.6. The summed E-state index contributed by atoms with van der Waals surface area (Å²) in [5, 5.41) is 9.12. The van der Waals surface area contributed by atoms with Gasteiger partial charge in [0.2, 0.25) is 0 Å². The Labute approximate surface area is 146 Å². The number of nitrogens with zero attached hydrogens (tertiary/aromatic N) is 3. The van der Waals surface area contributed by atoms with Gasteiger partial charge >= 0.3 is 0 Å². The van der Waals surface area contributed by atoms with Gasteiger partial charge in [-0.1, -0.05) is 29.3 Å². The maximum atomic E-state index is 7.98. The van der Waals surface area contributed by atoms with Crippen molar-refractivity contribution >= 4 is 34.4 Å². The number of nitrogens with one attached hydrogen (secondary N) is 2. The highest BCUT2D eigenvalue weighted by atomic mass is 35.5. The van der Waals surface area contributed by atoms with E-state index < -0.39 is 0 Å². The van der Waals surface area contributed by atoms with Gasteiger partial charge in [0.1, 0.15) is 5.52 Å². The molecule has 0 bridgehead atoms. The van der Waals surface area contributed by atoms with Gasteiger partial charge in [-0.25, -0.2) is 9.97 Å². The predicted molar refractivity (Wildman–Crippen MR) is 91.0 cm³/mol. The van der Waals surface area contributed by atoms with Gasteiger partial charge in [0.05, 0.1) is 19.1 Å². The number of imidazole rings is 1. The topological polar surface area (TPSA) is 83.5 Å². The van der Waals surface area contributed by atoms with E-state index in [1.807, 2.05) is 0 Å². The molecule has 8 heteroatoms. The predicted octanol–water partition coefficient (Wildman–Crippen LogP) is 3.85. The molecule has 0 radical (unpaired) electrons. The molecule has 3 aromatic heterocycles. The van der Waals surface area contributed by atoms with E-state index in [2.05, 4.69) is 15.0 Å². The number of benzene rings is 1. The molecule has 6 nitrogen and oxygen atoms in total. The van der Waals surface area contributed by atoms with Crippen molar-refractivity contribution in [2.75, 3.05) is 0 Å². The van der Waals surface area contributed by atoms with E-state index in [1.54, 1.807) is 47.5 Å². The first-order valence-electron chi connectivity index (χ1n) is 7.10. The molecule has 0 atom stereocenters. The third-order valence-corrected chi connectivity index (χ3v) is 4.37. The normalized spacial score (nSPS) is 11.2. The minimum absolute atomic E-state index is 0.108. The molecule has 0 fully saturated rings. The Kier molecular flexibility index (Phi) is 3.63. The summed E-state index contributed by atoms with van der Waals surface area (Å²) in [5.41, 5.74) is 1.98. The van der Waals surface area contributed by atoms with E-state index in [-0.39, 0.29) is 5.49 Å². The molecule has 120 valence electrons. The lowest BCUT2D eigenvalue weighted by molar-refractivity contribution is 0.578. The number of aromatic amines is 1. The highest BCUT2D eigenvalue weighted by Gasteiger charge is 2.14. The summed E-state index contributed by atoms with van der Waals surface area (Å²) < 4.78 is 7.15. The number of furan rings is 1. The quantitative estimate of drug-likeness (QED) is 0.582. The first-order valence-corrected chi connectivity index (χ1v) is 7.85. The molecular formula is C16H11Cl2N5O. The number of hydrogen-bond donors (Lipinski definition) is 2. The number of hydrogen-bond acceptors (Lipinski definition) is 4. The summed E-state index contributed by atoms with van der Waals surface area (Å²) in [6.45, 7) is 0.394. The molecule has 0 amide bonds. The van der Waals surface area contributed by atoms with Crippen LogP contribution in [0.4, 0.5) is 0 Å². The van der Waals surface area contributed by atoms with Crippen molar-refractivity contribution < 1.29 is 4.42 Å². The summed E-state index contributed by atoms with van der Waals surface area (Å²) in [4.78, 5) is 11.7. The Bertz CT molecular complexity index is 1060. The van der Waals surface area contributed by atoms with E-state index in [9.17, 15) is 0 Å². The van der Waals surface area contributed by atoms with E-state index in [1.165, 1.54) is 0 Å². The zero-order valence-electron chi connectivity index (χ0n) is 12.3. The SMILES string of the molecule is N=c1ncn(Cc2c(Cl)cccc2Cl)c2nc(-c3ccco3)[nH]c12. The summed E-state index contributed by atoms with van der Waals surface area (Å²) in [7, 11) is 0. The molecular weight excluding hydrogens is 349 g/mol. The molecule has 3 heterocycles. The molecule has 0 aliphatic heterocycles. The van der Waals surface area contributed by atoms with Crippen LogP contribution < -0.4 is 5.49 Å². The van der Waals surface area contributed by atoms with Crippen LogP contribution in [0.3, 0.4) is 0 Å². The molecule has 0 aliphatic rings. The van der Waals surface area contributed by atoms with Crippen molar-refractivity contribution in [2.45, 2.75) is 6.54 Å².